The van der Waals surface area contributed by atoms with Gasteiger partial charge in [0.05, 0.1) is 10.8 Å². The third-order valence-electron chi connectivity index (χ3n) is 7.08. The second kappa shape index (κ2) is 8.94. The fourth-order valence-electron chi connectivity index (χ4n) is 5.44. The second-order valence-electron chi connectivity index (χ2n) is 10.6. The van der Waals surface area contributed by atoms with Gasteiger partial charge in [0.2, 0.25) is 0 Å². The number of thiazole rings is 1. The minimum absolute atomic E-state index is 0.365. The van der Waals surface area contributed by atoms with E-state index in [2.05, 4.69) is 38.5 Å². The number of fused-ring (bicyclic) bond motifs is 1. The van der Waals surface area contributed by atoms with Crippen LogP contribution in [0.4, 0.5) is 11.5 Å². The van der Waals surface area contributed by atoms with Crippen molar-refractivity contribution in [2.45, 2.75) is 52.6 Å². The average Bonchev–Trinajstić information content (AvgIpc) is 3.29. The number of rotatable bonds is 5. The normalized spacial score (nSPS) is 21.4. The molecule has 2 atom stereocenters. The Morgan fingerprint density at radius 2 is 1.97 bits per heavy atom. The lowest BCUT2D eigenvalue weighted by molar-refractivity contribution is -0.154. The molecule has 7 nitrogen and oxygen atoms in total. The molecule has 1 saturated carbocycles. The number of aryl methyl sites for hydroxylation is 2. The number of benzene rings is 1. The Morgan fingerprint density at radius 3 is 2.72 bits per heavy atom. The molecule has 5 rings (SSSR count). The maximum Gasteiger partial charge on any atom is 0.307 e. The van der Waals surface area contributed by atoms with E-state index in [0.717, 1.165) is 38.3 Å². The molecule has 0 spiro atoms. The molecule has 0 amide bonds. The number of hydrogen-bond acceptors (Lipinski definition) is 7. The summed E-state index contributed by atoms with van der Waals surface area (Å²) in [5.41, 5.74) is 3.04. The molecule has 4 aromatic rings. The van der Waals surface area contributed by atoms with Crippen molar-refractivity contribution in [3.05, 3.63) is 65.1 Å². The van der Waals surface area contributed by atoms with E-state index >= 15 is 0 Å². The van der Waals surface area contributed by atoms with Crippen molar-refractivity contribution in [2.75, 3.05) is 5.32 Å². The number of anilines is 2. The molecule has 0 radical (unpaired) electrons. The van der Waals surface area contributed by atoms with E-state index in [0.29, 0.717) is 30.1 Å². The number of aliphatic carboxylic acids is 1. The number of nitrogens with one attached hydrogen (secondary N) is 1. The minimum atomic E-state index is -1.13. The summed E-state index contributed by atoms with van der Waals surface area (Å²) in [5, 5.41) is 26.2. The first-order valence-corrected chi connectivity index (χ1v) is 12.9. The lowest BCUT2D eigenvalue weighted by Gasteiger charge is -2.44. The monoisotopic (exact) mass is 502 g/mol. The molecule has 0 unspecified atom stereocenters. The van der Waals surface area contributed by atoms with Gasteiger partial charge >= 0.3 is 5.97 Å². The first-order chi connectivity index (χ1) is 17.0. The van der Waals surface area contributed by atoms with Gasteiger partial charge in [-0.25, -0.2) is 9.97 Å². The number of nitrogens with zero attached hydrogens (tertiary/aromatic N) is 3. The number of hydrogen-bond donors (Lipinski definition) is 3. The van der Waals surface area contributed by atoms with Crippen molar-refractivity contribution in [2.24, 2.45) is 11.3 Å². The van der Waals surface area contributed by atoms with Crippen molar-refractivity contribution in [1.82, 2.24) is 15.0 Å². The van der Waals surface area contributed by atoms with Crippen molar-refractivity contribution < 1.29 is 15.0 Å². The van der Waals surface area contributed by atoms with Crippen LogP contribution in [0, 0.1) is 25.2 Å². The first-order valence-electron chi connectivity index (χ1n) is 12.1. The smallest absolute Gasteiger partial charge is 0.307 e. The van der Waals surface area contributed by atoms with E-state index in [9.17, 15) is 15.0 Å². The molecule has 36 heavy (non-hydrogen) atoms. The van der Waals surface area contributed by atoms with Crippen LogP contribution in [0.1, 0.15) is 49.4 Å². The lowest BCUT2D eigenvalue weighted by atomic mass is 9.63. The highest BCUT2D eigenvalue weighted by Gasteiger charge is 2.49. The molecule has 0 saturated heterocycles. The zero-order valence-electron chi connectivity index (χ0n) is 20.9. The Kier molecular flexibility index (Phi) is 6.04. The number of carboxylic acids is 1. The van der Waals surface area contributed by atoms with Gasteiger partial charge in [-0.3, -0.25) is 9.78 Å². The molecule has 3 heterocycles. The molecule has 186 valence electrons. The van der Waals surface area contributed by atoms with Gasteiger partial charge in [0, 0.05) is 29.2 Å². The van der Waals surface area contributed by atoms with Gasteiger partial charge in [0.1, 0.15) is 16.1 Å². The number of aromatic nitrogens is 3. The van der Waals surface area contributed by atoms with Crippen molar-refractivity contribution in [1.29, 1.82) is 0 Å². The van der Waals surface area contributed by atoms with E-state index in [1.54, 1.807) is 12.4 Å². The van der Waals surface area contributed by atoms with Gasteiger partial charge in [-0.1, -0.05) is 26.0 Å². The van der Waals surface area contributed by atoms with Crippen LogP contribution in [0.5, 0.6) is 0 Å². The molecule has 8 heteroatoms. The molecule has 1 aliphatic carbocycles. The molecule has 1 fully saturated rings. The summed E-state index contributed by atoms with van der Waals surface area (Å²) in [6.07, 6.45) is 4.75. The van der Waals surface area contributed by atoms with Crippen LogP contribution in [0.2, 0.25) is 0 Å². The van der Waals surface area contributed by atoms with E-state index < -0.39 is 22.9 Å². The zero-order valence-corrected chi connectivity index (χ0v) is 21.7. The van der Waals surface area contributed by atoms with E-state index in [1.807, 2.05) is 45.9 Å². The predicted molar refractivity (Wildman–Crippen MR) is 142 cm³/mol. The molecular weight excluding hydrogens is 472 g/mol. The number of aliphatic hydroxyl groups is 1. The molecule has 1 aromatic carbocycles. The molecule has 0 bridgehead atoms. The fraction of sp³-hybridized carbons (Fsp3) is 0.357. The van der Waals surface area contributed by atoms with Gasteiger partial charge in [-0.2, -0.15) is 0 Å². The van der Waals surface area contributed by atoms with Crippen LogP contribution in [0.15, 0.2) is 48.8 Å². The van der Waals surface area contributed by atoms with Gasteiger partial charge in [-0.05, 0) is 73.9 Å². The van der Waals surface area contributed by atoms with Gasteiger partial charge in [0.25, 0.3) is 0 Å². The number of carbonyl (C=O) groups is 1. The van der Waals surface area contributed by atoms with E-state index in [1.165, 1.54) is 11.3 Å². The summed E-state index contributed by atoms with van der Waals surface area (Å²) < 4.78 is 0. The van der Waals surface area contributed by atoms with Crippen LogP contribution in [0.25, 0.3) is 21.3 Å². The van der Waals surface area contributed by atoms with E-state index in [4.69, 9.17) is 0 Å². The Morgan fingerprint density at radius 1 is 1.17 bits per heavy atom. The standard InChI is InChI=1S/C28H30N4O3S/c1-16-10-19(13-20(11-16)32-24-23-18(6-5-9-29-23)12-17(2)31-24)22-14-30-26(36-22)28(35)8-7-21(25(33)34)27(3,4)15-28/h5-6,9-14,21,35H,7-8,15H2,1-4H3,(H,31,32)(H,33,34)/t21-,28-/m1/s1. The van der Waals surface area contributed by atoms with Crippen LogP contribution in [-0.2, 0) is 10.4 Å². The predicted octanol–water partition coefficient (Wildman–Crippen LogP) is 6.21. The third-order valence-corrected chi connectivity index (χ3v) is 8.32. The Balaban J connectivity index is 1.45. The minimum Gasteiger partial charge on any atom is -0.481 e. The summed E-state index contributed by atoms with van der Waals surface area (Å²) in [7, 11) is 0. The number of pyridine rings is 2. The molecular formula is C28H30N4O3S. The van der Waals surface area contributed by atoms with Gasteiger partial charge in [0.15, 0.2) is 5.82 Å². The van der Waals surface area contributed by atoms with Crippen LogP contribution < -0.4 is 5.32 Å². The van der Waals surface area contributed by atoms with Crippen molar-refractivity contribution >= 4 is 39.7 Å². The fourth-order valence-corrected chi connectivity index (χ4v) is 6.46. The quantitative estimate of drug-likeness (QED) is 0.298. The maximum absolute atomic E-state index is 11.7. The summed E-state index contributed by atoms with van der Waals surface area (Å²) in [6.45, 7) is 7.84. The summed E-state index contributed by atoms with van der Waals surface area (Å²) in [5.74, 6) is -0.560. The Hall–Kier alpha value is -3.36. The summed E-state index contributed by atoms with van der Waals surface area (Å²) in [4.78, 5) is 26.4. The molecule has 0 aliphatic heterocycles. The van der Waals surface area contributed by atoms with Crippen molar-refractivity contribution in [3.8, 4) is 10.4 Å². The van der Waals surface area contributed by atoms with Crippen LogP contribution >= 0.6 is 11.3 Å². The highest BCUT2D eigenvalue weighted by Crippen LogP contribution is 2.51. The van der Waals surface area contributed by atoms with Crippen LogP contribution in [-0.4, -0.2) is 31.1 Å². The summed E-state index contributed by atoms with van der Waals surface area (Å²) >= 11 is 1.47. The third kappa shape index (κ3) is 4.58. The van der Waals surface area contributed by atoms with E-state index in [-0.39, 0.29) is 0 Å². The second-order valence-corrected chi connectivity index (χ2v) is 11.6. The molecule has 3 N–H and O–H groups in total. The first kappa shape index (κ1) is 24.3. The maximum atomic E-state index is 11.7. The summed E-state index contributed by atoms with van der Waals surface area (Å²) in [6, 6.07) is 12.2. The number of carboxylic acid groups (broad SMARTS) is 1. The molecule has 1 aliphatic rings. The topological polar surface area (TPSA) is 108 Å². The van der Waals surface area contributed by atoms with Crippen molar-refractivity contribution in [3.63, 3.8) is 0 Å². The lowest BCUT2D eigenvalue weighted by Crippen LogP contribution is -2.44. The Bertz CT molecular complexity index is 1460. The van der Waals surface area contributed by atoms with Crippen LogP contribution in [0.3, 0.4) is 0 Å². The van der Waals surface area contributed by atoms with Gasteiger partial charge in [-0.15, -0.1) is 11.3 Å². The zero-order chi connectivity index (χ0) is 25.7. The molecule has 3 aromatic heterocycles. The van der Waals surface area contributed by atoms with Gasteiger partial charge < -0.3 is 15.5 Å². The Labute approximate surface area is 214 Å². The largest absolute Gasteiger partial charge is 0.481 e. The average molecular weight is 503 g/mol. The highest BCUT2D eigenvalue weighted by atomic mass is 32.1. The SMILES string of the molecule is Cc1cc(Nc2nc(C)cc3cccnc23)cc(-c2cnc([C@@]3(O)CC[C@H](C(=O)O)C(C)(C)C3)s2)c1. The highest BCUT2D eigenvalue weighted by molar-refractivity contribution is 7.15.